The van der Waals surface area contributed by atoms with Crippen LogP contribution in [-0.2, 0) is 14.0 Å². The van der Waals surface area contributed by atoms with Gasteiger partial charge in [-0.1, -0.05) is 0 Å². The van der Waals surface area contributed by atoms with Crippen molar-refractivity contribution in [3.8, 4) is 0 Å². The molecule has 13 heteroatoms. The van der Waals surface area contributed by atoms with Gasteiger partial charge in [0.25, 0.3) is 0 Å². The summed E-state index contributed by atoms with van der Waals surface area (Å²) in [6, 6.07) is 0.369. The lowest BCUT2D eigenvalue weighted by Gasteiger charge is -2.17. The van der Waals surface area contributed by atoms with E-state index in [-0.39, 0.29) is 6.61 Å². The number of aliphatic hydroxyl groups excluding tert-OH is 2. The zero-order valence-corrected chi connectivity index (χ0v) is 15.9. The van der Waals surface area contributed by atoms with Crippen molar-refractivity contribution in [2.45, 2.75) is 50.3 Å². The number of hydrogen-bond donors (Lipinski definition) is 5. The van der Waals surface area contributed by atoms with Crippen LogP contribution >= 0.6 is 7.60 Å². The number of aromatic nitrogens is 4. The quantitative estimate of drug-likeness (QED) is 0.368. The van der Waals surface area contributed by atoms with Gasteiger partial charge in [0.15, 0.2) is 23.2 Å². The van der Waals surface area contributed by atoms with E-state index in [9.17, 15) is 14.8 Å². The molecule has 2 aromatic rings. The monoisotopic (exact) mass is 415 g/mol. The highest BCUT2D eigenvalue weighted by Gasteiger charge is 2.44. The number of ether oxygens (including phenoxy) is 2. The number of anilines is 1. The van der Waals surface area contributed by atoms with E-state index in [2.05, 4.69) is 20.3 Å². The summed E-state index contributed by atoms with van der Waals surface area (Å²) >= 11 is 0. The highest BCUT2D eigenvalue weighted by molar-refractivity contribution is 7.51. The molecule has 2 fully saturated rings. The first-order valence-corrected chi connectivity index (χ1v) is 10.6. The number of nitrogens with zero attached hydrogens (tertiary/aromatic N) is 4. The van der Waals surface area contributed by atoms with Gasteiger partial charge in [0, 0.05) is 6.04 Å². The third kappa shape index (κ3) is 4.03. The van der Waals surface area contributed by atoms with Crippen molar-refractivity contribution in [2.75, 3.05) is 18.3 Å². The Hall–Kier alpha value is -1.66. The van der Waals surface area contributed by atoms with Gasteiger partial charge in [-0.05, 0) is 19.8 Å². The van der Waals surface area contributed by atoms with Crippen LogP contribution in [0.4, 0.5) is 5.82 Å². The summed E-state index contributed by atoms with van der Waals surface area (Å²) in [6.45, 7) is 1.46. The zero-order chi connectivity index (χ0) is 20.1. The Balaban J connectivity index is 1.55. The van der Waals surface area contributed by atoms with Crippen molar-refractivity contribution >= 4 is 24.6 Å². The fraction of sp³-hybridized carbons (Fsp3) is 0.667. The Labute approximate surface area is 159 Å². The van der Waals surface area contributed by atoms with Gasteiger partial charge in [-0.25, -0.2) is 15.0 Å². The van der Waals surface area contributed by atoms with Crippen LogP contribution < -0.4 is 5.32 Å². The van der Waals surface area contributed by atoms with Gasteiger partial charge in [-0.3, -0.25) is 9.13 Å². The highest BCUT2D eigenvalue weighted by atomic mass is 31.2. The fourth-order valence-electron chi connectivity index (χ4n) is 3.12. The van der Waals surface area contributed by atoms with Gasteiger partial charge >= 0.3 is 7.60 Å². The summed E-state index contributed by atoms with van der Waals surface area (Å²) in [5.41, 5.74) is 0.979. The van der Waals surface area contributed by atoms with Gasteiger partial charge in [-0.15, -0.1) is 0 Å². The summed E-state index contributed by atoms with van der Waals surface area (Å²) in [4.78, 5) is 30.8. The molecule has 2 aromatic heterocycles. The molecule has 4 atom stereocenters. The molecule has 0 radical (unpaired) electrons. The Morgan fingerprint density at radius 2 is 2.07 bits per heavy atom. The Bertz CT molecular complexity index is 914. The van der Waals surface area contributed by atoms with Gasteiger partial charge in [0.2, 0.25) is 0 Å². The summed E-state index contributed by atoms with van der Waals surface area (Å²) in [7, 11) is -4.33. The molecule has 5 N–H and O–H groups in total. The predicted molar refractivity (Wildman–Crippen MR) is 95.5 cm³/mol. The Morgan fingerprint density at radius 3 is 2.75 bits per heavy atom. The third-order valence-electron chi connectivity index (χ3n) is 4.60. The van der Waals surface area contributed by atoms with Crippen LogP contribution in [0.15, 0.2) is 6.33 Å². The van der Waals surface area contributed by atoms with Crippen LogP contribution in [0, 0.1) is 6.92 Å². The highest BCUT2D eigenvalue weighted by Crippen LogP contribution is 2.36. The number of imidazole rings is 1. The van der Waals surface area contributed by atoms with Crippen LogP contribution in [0.1, 0.15) is 24.9 Å². The van der Waals surface area contributed by atoms with Gasteiger partial charge in [0.05, 0.1) is 12.9 Å². The third-order valence-corrected chi connectivity index (χ3v) is 5.12. The van der Waals surface area contributed by atoms with Crippen LogP contribution in [0.2, 0.25) is 0 Å². The molecule has 12 nitrogen and oxygen atoms in total. The van der Waals surface area contributed by atoms with Crippen molar-refractivity contribution in [1.29, 1.82) is 0 Å². The van der Waals surface area contributed by atoms with E-state index in [4.69, 9.17) is 19.3 Å². The zero-order valence-electron chi connectivity index (χ0n) is 15.0. The average Bonchev–Trinajstić information content (AvgIpc) is 3.26. The topological polar surface area (TPSA) is 172 Å². The number of fused-ring (bicyclic) bond motifs is 1. The summed E-state index contributed by atoms with van der Waals surface area (Å²) in [5.74, 6) is 1.13. The van der Waals surface area contributed by atoms with E-state index in [1.54, 1.807) is 6.92 Å². The molecule has 0 bridgehead atoms. The first kappa shape index (κ1) is 19.6. The molecule has 0 unspecified atom stereocenters. The summed E-state index contributed by atoms with van der Waals surface area (Å²) < 4.78 is 23.0. The van der Waals surface area contributed by atoms with Crippen LogP contribution in [0.5, 0.6) is 0 Å². The Morgan fingerprint density at radius 1 is 1.32 bits per heavy atom. The number of aliphatic hydroxyl groups is 2. The molecule has 1 saturated carbocycles. The first-order chi connectivity index (χ1) is 13.2. The van der Waals surface area contributed by atoms with Crippen LogP contribution in [0.3, 0.4) is 0 Å². The second kappa shape index (κ2) is 7.30. The molecule has 0 amide bonds. The minimum absolute atomic E-state index is 0.283. The maximum atomic E-state index is 10.9. The van der Waals surface area contributed by atoms with E-state index in [0.717, 1.165) is 12.8 Å². The molecule has 4 rings (SSSR count). The molecule has 28 heavy (non-hydrogen) atoms. The summed E-state index contributed by atoms with van der Waals surface area (Å²) in [6.07, 6.45) is -1.74. The second-order valence-electron chi connectivity index (χ2n) is 7.07. The molecule has 154 valence electrons. The molecule has 1 aliphatic carbocycles. The predicted octanol–water partition coefficient (Wildman–Crippen LogP) is -0.520. The molecular formula is C15H22N5O7P. The number of hydrogen-bond acceptors (Lipinski definition) is 9. The van der Waals surface area contributed by atoms with E-state index >= 15 is 0 Å². The van der Waals surface area contributed by atoms with Gasteiger partial charge in [-0.2, -0.15) is 0 Å². The van der Waals surface area contributed by atoms with Crippen molar-refractivity contribution in [3.63, 3.8) is 0 Å². The maximum Gasteiger partial charge on any atom is 0.350 e. The maximum absolute atomic E-state index is 10.9. The molecule has 1 saturated heterocycles. The van der Waals surface area contributed by atoms with E-state index in [0.29, 0.717) is 28.8 Å². The fourth-order valence-corrected chi connectivity index (χ4v) is 3.46. The van der Waals surface area contributed by atoms with Gasteiger partial charge < -0.3 is 34.8 Å². The van der Waals surface area contributed by atoms with Crippen LogP contribution in [0.25, 0.3) is 11.2 Å². The van der Waals surface area contributed by atoms with E-state index in [1.807, 2.05) is 0 Å². The minimum atomic E-state index is -4.33. The molecule has 0 aromatic carbocycles. The second-order valence-corrected chi connectivity index (χ2v) is 8.66. The Kier molecular flexibility index (Phi) is 5.12. The standard InChI is InChI=1S/C15H22N5O7P/c1-7-17-13(19-8-2-3-8)10-14(18-7)20(5-16-10)15-12(22)11(21)9(27-15)4-26-6-28(23,24)25/h5,8-9,11-12,15,21-22H,2-4,6H2,1H3,(H,17,18,19)(H2,23,24,25)/t9-,11-,12-,15-/m1/s1. The SMILES string of the molecule is Cc1nc(NC2CC2)c2ncn([C@@H]3O[C@H](COCP(=O)(O)O)[C@@H](O)[C@H]3O)c2n1. The first-order valence-electron chi connectivity index (χ1n) is 8.84. The van der Waals surface area contributed by atoms with Crippen LogP contribution in [-0.4, -0.2) is 76.8 Å². The number of aryl methyl sites for hydroxylation is 1. The lowest BCUT2D eigenvalue weighted by molar-refractivity contribution is -0.0612. The molecule has 3 heterocycles. The molecule has 1 aliphatic heterocycles. The normalized spacial score (nSPS) is 28.2. The smallest absolute Gasteiger partial charge is 0.350 e. The van der Waals surface area contributed by atoms with Crippen molar-refractivity contribution in [3.05, 3.63) is 12.2 Å². The molecular weight excluding hydrogens is 393 g/mol. The average molecular weight is 415 g/mol. The van der Waals surface area contributed by atoms with E-state index in [1.165, 1.54) is 10.9 Å². The van der Waals surface area contributed by atoms with Crippen molar-refractivity contribution < 1.29 is 34.0 Å². The van der Waals surface area contributed by atoms with Gasteiger partial charge in [0.1, 0.15) is 30.5 Å². The number of nitrogens with one attached hydrogen (secondary N) is 1. The molecule has 2 aliphatic rings. The molecule has 0 spiro atoms. The minimum Gasteiger partial charge on any atom is -0.387 e. The lowest BCUT2D eigenvalue weighted by Crippen LogP contribution is -2.33. The van der Waals surface area contributed by atoms with Crippen molar-refractivity contribution in [2.24, 2.45) is 0 Å². The van der Waals surface area contributed by atoms with Crippen molar-refractivity contribution in [1.82, 2.24) is 19.5 Å². The largest absolute Gasteiger partial charge is 0.387 e. The summed E-state index contributed by atoms with van der Waals surface area (Å²) in [5, 5.41) is 24.0. The lowest BCUT2D eigenvalue weighted by atomic mass is 10.1. The van der Waals surface area contributed by atoms with E-state index < -0.39 is 38.5 Å². The number of rotatable bonds is 7.